The zero-order chi connectivity index (χ0) is 17.3. The van der Waals surface area contributed by atoms with Crippen LogP contribution in [-0.4, -0.2) is 14.3 Å². The molecule has 1 aliphatic rings. The lowest BCUT2D eigenvalue weighted by molar-refractivity contribution is 0.608. The lowest BCUT2D eigenvalue weighted by Gasteiger charge is -2.08. The molecule has 0 amide bonds. The molecule has 1 aliphatic heterocycles. The lowest BCUT2D eigenvalue weighted by atomic mass is 10.1. The second kappa shape index (κ2) is 6.53. The van der Waals surface area contributed by atoms with E-state index in [-0.39, 0.29) is 4.91 Å². The molecule has 0 fully saturated rings. The monoisotopic (exact) mass is 404 g/mol. The quantitative estimate of drug-likeness (QED) is 0.812. The summed E-state index contributed by atoms with van der Waals surface area (Å²) in [6.45, 7) is 3.86. The maximum Gasteiger partial charge on any atom is 0.285 e. The van der Waals surface area contributed by atoms with Crippen molar-refractivity contribution in [2.75, 3.05) is 5.32 Å². The Morgan fingerprint density at radius 3 is 2.46 bits per heavy atom. The fraction of sp³-hybridized carbons (Fsp3) is 0.167. The van der Waals surface area contributed by atoms with Crippen LogP contribution in [0.25, 0.3) is 4.91 Å². The van der Waals surface area contributed by atoms with E-state index in [1.165, 1.54) is 5.56 Å². The Morgan fingerprint density at radius 2 is 1.83 bits per heavy atom. The Labute approximate surface area is 150 Å². The van der Waals surface area contributed by atoms with Crippen molar-refractivity contribution in [2.45, 2.75) is 20.3 Å². The van der Waals surface area contributed by atoms with E-state index in [0.29, 0.717) is 17.0 Å². The first kappa shape index (κ1) is 16.9. The molecule has 3 rings (SSSR count). The van der Waals surface area contributed by atoms with Gasteiger partial charge in [-0.1, -0.05) is 47.1 Å². The highest BCUT2D eigenvalue weighted by atomic mass is 79.9. The van der Waals surface area contributed by atoms with Crippen molar-refractivity contribution in [1.29, 1.82) is 0 Å². The zero-order valence-corrected chi connectivity index (χ0v) is 15.8. The molecule has 0 saturated carbocycles. The van der Waals surface area contributed by atoms with Gasteiger partial charge in [0.05, 0.1) is 0 Å². The summed E-state index contributed by atoms with van der Waals surface area (Å²) in [7, 11) is -3.70. The predicted molar refractivity (Wildman–Crippen MR) is 103 cm³/mol. The van der Waals surface area contributed by atoms with Gasteiger partial charge in [0.15, 0.2) is 0 Å². The smallest absolute Gasteiger partial charge is 0.285 e. The molecule has 0 aromatic heterocycles. The number of anilines is 1. The van der Waals surface area contributed by atoms with E-state index in [0.717, 1.165) is 16.6 Å². The fourth-order valence-corrected chi connectivity index (χ4v) is 4.43. The van der Waals surface area contributed by atoms with Gasteiger partial charge in [-0.25, -0.2) is 0 Å². The summed E-state index contributed by atoms with van der Waals surface area (Å²) in [5, 5.41) is 3.11. The van der Waals surface area contributed by atoms with Crippen LogP contribution in [-0.2, 0) is 16.4 Å². The number of sulfonamides is 1. The van der Waals surface area contributed by atoms with Gasteiger partial charge < -0.3 is 5.32 Å². The Kier molecular flexibility index (Phi) is 4.60. The summed E-state index contributed by atoms with van der Waals surface area (Å²) in [6.07, 6.45) is 0.960. The van der Waals surface area contributed by atoms with Crippen molar-refractivity contribution >= 4 is 42.4 Å². The van der Waals surface area contributed by atoms with Crippen LogP contribution in [0.3, 0.4) is 0 Å². The molecule has 124 valence electrons. The highest BCUT2D eigenvalue weighted by Crippen LogP contribution is 2.34. The van der Waals surface area contributed by atoms with Crippen molar-refractivity contribution < 1.29 is 8.42 Å². The minimum absolute atomic E-state index is 0.247. The third-order valence-electron chi connectivity index (χ3n) is 3.88. The molecule has 6 heteroatoms. The molecule has 0 unspecified atom stereocenters. The molecule has 2 aromatic carbocycles. The van der Waals surface area contributed by atoms with Crippen LogP contribution >= 0.6 is 15.9 Å². The van der Waals surface area contributed by atoms with Crippen LogP contribution in [0.4, 0.5) is 5.69 Å². The Morgan fingerprint density at radius 1 is 1.12 bits per heavy atom. The van der Waals surface area contributed by atoms with E-state index in [2.05, 4.69) is 32.6 Å². The first-order chi connectivity index (χ1) is 11.4. The minimum Gasteiger partial charge on any atom is -0.339 e. The van der Waals surface area contributed by atoms with Crippen molar-refractivity contribution in [1.82, 2.24) is 0 Å². The lowest BCUT2D eigenvalue weighted by Crippen LogP contribution is -2.11. The van der Waals surface area contributed by atoms with E-state index in [4.69, 9.17) is 0 Å². The second-order valence-electron chi connectivity index (χ2n) is 5.55. The van der Waals surface area contributed by atoms with Gasteiger partial charge in [-0.3, -0.25) is 0 Å². The number of rotatable bonds is 3. The average molecular weight is 405 g/mol. The molecule has 2 aromatic rings. The largest absolute Gasteiger partial charge is 0.339 e. The molecule has 0 aliphatic carbocycles. The molecular formula is C18H17BrN2O2S. The van der Waals surface area contributed by atoms with Gasteiger partial charge in [0, 0.05) is 15.7 Å². The predicted octanol–water partition coefficient (Wildman–Crippen LogP) is 4.60. The summed E-state index contributed by atoms with van der Waals surface area (Å²) in [5.41, 5.74) is 3.29. The number of hydrogen-bond acceptors (Lipinski definition) is 3. The van der Waals surface area contributed by atoms with E-state index < -0.39 is 10.0 Å². The summed E-state index contributed by atoms with van der Waals surface area (Å²) >= 11 is 3.38. The van der Waals surface area contributed by atoms with E-state index >= 15 is 0 Å². The number of hydrogen-bond donors (Lipinski definition) is 1. The molecule has 4 nitrogen and oxygen atoms in total. The second-order valence-corrected chi connectivity index (χ2v) is 8.01. The average Bonchev–Trinajstić information content (AvgIpc) is 2.77. The SMILES string of the molecule is CCc1ccc(NC2=NS(=O)(=O)C(c3cccc(Br)c3)=C2C)cc1. The summed E-state index contributed by atoms with van der Waals surface area (Å²) in [6, 6.07) is 15.1. The van der Waals surface area contributed by atoms with Crippen LogP contribution in [0.1, 0.15) is 25.0 Å². The third kappa shape index (κ3) is 3.30. The maximum absolute atomic E-state index is 12.5. The van der Waals surface area contributed by atoms with Gasteiger partial charge in [0.1, 0.15) is 10.7 Å². The van der Waals surface area contributed by atoms with Gasteiger partial charge in [0.25, 0.3) is 10.0 Å². The minimum atomic E-state index is -3.70. The number of nitrogens with one attached hydrogen (secondary N) is 1. The number of benzene rings is 2. The Bertz CT molecular complexity index is 945. The molecule has 0 radical (unpaired) electrons. The maximum atomic E-state index is 12.5. The standard InChI is InChI=1S/C18H17BrN2O2S/c1-3-13-7-9-16(10-8-13)20-18-12(2)17(24(22,23)21-18)14-5-4-6-15(19)11-14/h4-11H,3H2,1-2H3,(H,20,21). The van der Waals surface area contributed by atoms with Crippen molar-refractivity contribution in [2.24, 2.45) is 4.40 Å². The van der Waals surface area contributed by atoms with Crippen molar-refractivity contribution in [3.63, 3.8) is 0 Å². The summed E-state index contributed by atoms with van der Waals surface area (Å²) in [4.78, 5) is 0.247. The Hall–Kier alpha value is -1.92. The highest BCUT2D eigenvalue weighted by molar-refractivity contribution is 9.10. The normalized spacial score (nSPS) is 16.2. The summed E-state index contributed by atoms with van der Waals surface area (Å²) < 4.78 is 29.7. The molecule has 0 saturated heterocycles. The van der Waals surface area contributed by atoms with E-state index in [1.807, 2.05) is 36.4 Å². The van der Waals surface area contributed by atoms with Crippen LogP contribution < -0.4 is 5.32 Å². The van der Waals surface area contributed by atoms with Gasteiger partial charge in [-0.05, 0) is 48.7 Å². The van der Waals surface area contributed by atoms with Gasteiger partial charge in [-0.15, -0.1) is 4.40 Å². The highest BCUT2D eigenvalue weighted by Gasteiger charge is 2.31. The van der Waals surface area contributed by atoms with Crippen molar-refractivity contribution in [3.8, 4) is 0 Å². The van der Waals surface area contributed by atoms with Gasteiger partial charge in [0.2, 0.25) is 0 Å². The van der Waals surface area contributed by atoms with Crippen molar-refractivity contribution in [3.05, 3.63) is 69.7 Å². The number of aryl methyl sites for hydroxylation is 1. The molecule has 0 bridgehead atoms. The number of nitrogens with zero attached hydrogens (tertiary/aromatic N) is 1. The molecule has 1 heterocycles. The first-order valence-electron chi connectivity index (χ1n) is 7.59. The van der Waals surface area contributed by atoms with Crippen LogP contribution in [0.5, 0.6) is 0 Å². The number of amidine groups is 1. The zero-order valence-electron chi connectivity index (χ0n) is 13.4. The fourth-order valence-electron chi connectivity index (χ4n) is 2.61. The van der Waals surface area contributed by atoms with Crippen LogP contribution in [0.2, 0.25) is 0 Å². The summed E-state index contributed by atoms with van der Waals surface area (Å²) in [5.74, 6) is 0.370. The molecule has 0 atom stereocenters. The first-order valence-corrected chi connectivity index (χ1v) is 9.82. The van der Waals surface area contributed by atoms with Crippen LogP contribution in [0, 0.1) is 0 Å². The molecule has 24 heavy (non-hydrogen) atoms. The van der Waals surface area contributed by atoms with Crippen LogP contribution in [0.15, 0.2) is 63.0 Å². The van der Waals surface area contributed by atoms with E-state index in [1.54, 1.807) is 19.1 Å². The third-order valence-corrected chi connectivity index (χ3v) is 5.85. The Balaban J connectivity index is 1.97. The number of halogens is 1. The van der Waals surface area contributed by atoms with E-state index in [9.17, 15) is 8.42 Å². The molecule has 1 N–H and O–H groups in total. The molecular weight excluding hydrogens is 388 g/mol. The van der Waals surface area contributed by atoms with Gasteiger partial charge in [-0.2, -0.15) is 8.42 Å². The topological polar surface area (TPSA) is 58.5 Å². The molecule has 0 spiro atoms. The van der Waals surface area contributed by atoms with Gasteiger partial charge >= 0.3 is 0 Å².